The molecule has 0 saturated carbocycles. The number of hydrogen-bond acceptors (Lipinski definition) is 1. The van der Waals surface area contributed by atoms with E-state index < -0.39 is 0 Å². The second-order valence-electron chi connectivity index (χ2n) is 1.85. The van der Waals surface area contributed by atoms with E-state index in [-0.39, 0.29) is 5.82 Å². The highest BCUT2D eigenvalue weighted by molar-refractivity contribution is 9.10. The molecule has 0 amide bonds. The summed E-state index contributed by atoms with van der Waals surface area (Å²) in [5, 5.41) is 2.73. The van der Waals surface area contributed by atoms with Crippen molar-refractivity contribution in [3.63, 3.8) is 0 Å². The zero-order chi connectivity index (χ0) is 7.56. The summed E-state index contributed by atoms with van der Waals surface area (Å²) in [4.78, 5) is 0. The van der Waals surface area contributed by atoms with Crippen molar-refractivity contribution in [2.75, 3.05) is 12.4 Å². The Hall–Kier alpha value is -0.570. The standard InChI is InChI=1S/C7H7BrFN/c1-10-6-4-2-3-5(8)7(6)9/h2-4,10H,1H3. The van der Waals surface area contributed by atoms with Crippen LogP contribution < -0.4 is 5.32 Å². The average Bonchev–Trinajstić information content (AvgIpc) is 1.95. The normalized spacial score (nSPS) is 9.50. The van der Waals surface area contributed by atoms with Gasteiger partial charge in [0.25, 0.3) is 0 Å². The number of nitrogens with one attached hydrogen (secondary N) is 1. The van der Waals surface area contributed by atoms with Crippen LogP contribution in [0.4, 0.5) is 10.1 Å². The summed E-state index contributed by atoms with van der Waals surface area (Å²) in [7, 11) is 1.69. The first-order chi connectivity index (χ1) is 4.75. The van der Waals surface area contributed by atoms with Crippen LogP contribution in [0.5, 0.6) is 0 Å². The predicted octanol–water partition coefficient (Wildman–Crippen LogP) is 2.63. The molecule has 10 heavy (non-hydrogen) atoms. The second-order valence-corrected chi connectivity index (χ2v) is 2.71. The lowest BCUT2D eigenvalue weighted by Gasteiger charge is -2.01. The molecule has 54 valence electrons. The predicted molar refractivity (Wildman–Crippen MR) is 43.6 cm³/mol. The summed E-state index contributed by atoms with van der Waals surface area (Å²) in [5.41, 5.74) is 0.509. The SMILES string of the molecule is CNc1cccc(Br)c1F. The molecule has 0 saturated heterocycles. The Bertz CT molecular complexity index is 237. The van der Waals surface area contributed by atoms with Gasteiger partial charge in [-0.1, -0.05) is 6.07 Å². The molecular weight excluding hydrogens is 197 g/mol. The number of halogens is 2. The monoisotopic (exact) mass is 203 g/mol. The van der Waals surface area contributed by atoms with E-state index >= 15 is 0 Å². The van der Waals surface area contributed by atoms with Gasteiger partial charge in [-0.2, -0.15) is 0 Å². The van der Waals surface area contributed by atoms with Crippen LogP contribution in [0.3, 0.4) is 0 Å². The van der Waals surface area contributed by atoms with E-state index in [0.717, 1.165) is 0 Å². The van der Waals surface area contributed by atoms with Gasteiger partial charge in [0.15, 0.2) is 5.82 Å². The van der Waals surface area contributed by atoms with Crippen molar-refractivity contribution in [3.05, 3.63) is 28.5 Å². The fourth-order valence-electron chi connectivity index (χ4n) is 0.697. The Morgan fingerprint density at radius 3 is 2.70 bits per heavy atom. The summed E-state index contributed by atoms with van der Waals surface area (Å²) in [6.07, 6.45) is 0. The van der Waals surface area contributed by atoms with Crippen molar-refractivity contribution in [2.24, 2.45) is 0 Å². The molecule has 0 aliphatic rings. The fourth-order valence-corrected chi connectivity index (χ4v) is 1.06. The minimum absolute atomic E-state index is 0.245. The molecule has 0 aromatic heterocycles. The highest BCUT2D eigenvalue weighted by atomic mass is 79.9. The highest BCUT2D eigenvalue weighted by Crippen LogP contribution is 2.21. The zero-order valence-corrected chi connectivity index (χ0v) is 7.07. The molecule has 0 unspecified atom stereocenters. The van der Waals surface area contributed by atoms with Crippen LogP contribution in [-0.2, 0) is 0 Å². The third kappa shape index (κ3) is 1.29. The van der Waals surface area contributed by atoms with Gasteiger partial charge in [0, 0.05) is 7.05 Å². The largest absolute Gasteiger partial charge is 0.386 e. The maximum atomic E-state index is 12.9. The highest BCUT2D eigenvalue weighted by Gasteiger charge is 2.01. The number of rotatable bonds is 1. The van der Waals surface area contributed by atoms with Gasteiger partial charge in [-0.15, -0.1) is 0 Å². The van der Waals surface area contributed by atoms with Crippen molar-refractivity contribution in [1.82, 2.24) is 0 Å². The lowest BCUT2D eigenvalue weighted by molar-refractivity contribution is 0.625. The first-order valence-corrected chi connectivity index (χ1v) is 3.66. The van der Waals surface area contributed by atoms with E-state index in [1.807, 2.05) is 0 Å². The fraction of sp³-hybridized carbons (Fsp3) is 0.143. The Kier molecular flexibility index (Phi) is 2.27. The van der Waals surface area contributed by atoms with Gasteiger partial charge >= 0.3 is 0 Å². The quantitative estimate of drug-likeness (QED) is 0.741. The van der Waals surface area contributed by atoms with Crippen molar-refractivity contribution < 1.29 is 4.39 Å². The molecule has 1 nitrogen and oxygen atoms in total. The Morgan fingerprint density at radius 1 is 1.50 bits per heavy atom. The van der Waals surface area contributed by atoms with Gasteiger partial charge < -0.3 is 5.32 Å². The van der Waals surface area contributed by atoms with Crippen LogP contribution >= 0.6 is 15.9 Å². The number of anilines is 1. The van der Waals surface area contributed by atoms with Crippen molar-refractivity contribution in [2.45, 2.75) is 0 Å². The second kappa shape index (κ2) is 3.01. The van der Waals surface area contributed by atoms with Gasteiger partial charge in [0.05, 0.1) is 10.2 Å². The van der Waals surface area contributed by atoms with Crippen LogP contribution in [0.2, 0.25) is 0 Å². The molecule has 1 N–H and O–H groups in total. The number of benzene rings is 1. The third-order valence-corrected chi connectivity index (χ3v) is 1.83. The lowest BCUT2D eigenvalue weighted by atomic mass is 10.3. The molecule has 0 heterocycles. The van der Waals surface area contributed by atoms with Crippen LogP contribution in [0.15, 0.2) is 22.7 Å². The minimum atomic E-state index is -0.245. The topological polar surface area (TPSA) is 12.0 Å². The Labute approximate surface area is 67.4 Å². The Morgan fingerprint density at radius 2 is 2.20 bits per heavy atom. The molecule has 0 atom stereocenters. The van der Waals surface area contributed by atoms with E-state index in [9.17, 15) is 4.39 Å². The minimum Gasteiger partial charge on any atom is -0.386 e. The van der Waals surface area contributed by atoms with Crippen molar-refractivity contribution in [3.8, 4) is 0 Å². The molecule has 1 aromatic rings. The van der Waals surface area contributed by atoms with Crippen LogP contribution in [0, 0.1) is 5.82 Å². The van der Waals surface area contributed by atoms with Crippen molar-refractivity contribution in [1.29, 1.82) is 0 Å². The smallest absolute Gasteiger partial charge is 0.160 e. The molecule has 0 aliphatic carbocycles. The van der Waals surface area contributed by atoms with E-state index in [0.29, 0.717) is 10.2 Å². The molecule has 1 aromatic carbocycles. The maximum absolute atomic E-state index is 12.9. The first kappa shape index (κ1) is 7.54. The van der Waals surface area contributed by atoms with Crippen LogP contribution in [-0.4, -0.2) is 7.05 Å². The van der Waals surface area contributed by atoms with E-state index in [1.54, 1.807) is 25.2 Å². The molecule has 0 fully saturated rings. The van der Waals surface area contributed by atoms with Gasteiger partial charge in [-0.3, -0.25) is 0 Å². The number of hydrogen-bond donors (Lipinski definition) is 1. The molecule has 0 bridgehead atoms. The van der Waals surface area contributed by atoms with Crippen molar-refractivity contribution >= 4 is 21.6 Å². The van der Waals surface area contributed by atoms with Crippen LogP contribution in [0.1, 0.15) is 0 Å². The summed E-state index contributed by atoms with van der Waals surface area (Å²) in [6, 6.07) is 5.12. The molecule has 0 aliphatic heterocycles. The summed E-state index contributed by atoms with van der Waals surface area (Å²) >= 11 is 3.07. The maximum Gasteiger partial charge on any atom is 0.160 e. The van der Waals surface area contributed by atoms with Gasteiger partial charge in [0.2, 0.25) is 0 Å². The molecule has 3 heteroatoms. The summed E-state index contributed by atoms with van der Waals surface area (Å²) in [6.45, 7) is 0. The lowest BCUT2D eigenvalue weighted by Crippen LogP contribution is -1.91. The molecule has 1 rings (SSSR count). The van der Waals surface area contributed by atoms with Gasteiger partial charge in [0.1, 0.15) is 0 Å². The third-order valence-electron chi connectivity index (χ3n) is 1.22. The van der Waals surface area contributed by atoms with Gasteiger partial charge in [-0.05, 0) is 28.1 Å². The summed E-state index contributed by atoms with van der Waals surface area (Å²) < 4.78 is 13.4. The molecular formula is C7H7BrFN. The zero-order valence-electron chi connectivity index (χ0n) is 5.49. The van der Waals surface area contributed by atoms with E-state index in [2.05, 4.69) is 21.2 Å². The van der Waals surface area contributed by atoms with Crippen LogP contribution in [0.25, 0.3) is 0 Å². The summed E-state index contributed by atoms with van der Waals surface area (Å²) in [5.74, 6) is -0.245. The Balaban J connectivity index is 3.14. The molecule has 0 spiro atoms. The van der Waals surface area contributed by atoms with E-state index in [1.165, 1.54) is 0 Å². The molecule has 0 radical (unpaired) electrons. The first-order valence-electron chi connectivity index (χ1n) is 2.87. The van der Waals surface area contributed by atoms with E-state index in [4.69, 9.17) is 0 Å². The van der Waals surface area contributed by atoms with Gasteiger partial charge in [-0.25, -0.2) is 4.39 Å². The average molecular weight is 204 g/mol.